The Bertz CT molecular complexity index is 416. The molecule has 0 bridgehead atoms. The van der Waals surface area contributed by atoms with Gasteiger partial charge in [-0.3, -0.25) is 4.79 Å². The summed E-state index contributed by atoms with van der Waals surface area (Å²) in [6.07, 6.45) is 4.36. The normalized spacial score (nSPS) is 20.2. The number of rotatable bonds is 3. The number of benzene rings is 1. The van der Waals surface area contributed by atoms with E-state index in [0.29, 0.717) is 12.5 Å². The molecule has 1 saturated heterocycles. The fraction of sp³-hybridized carbons (Fsp3) is 0.308. The molecule has 1 aromatic carbocycles. The van der Waals surface area contributed by atoms with Gasteiger partial charge in [-0.1, -0.05) is 18.2 Å². The Labute approximate surface area is 109 Å². The third-order valence-corrected chi connectivity index (χ3v) is 3.79. The van der Waals surface area contributed by atoms with Gasteiger partial charge >= 0.3 is 0 Å². The number of carbonyl (C=O) groups is 1. The summed E-state index contributed by atoms with van der Waals surface area (Å²) in [5.41, 5.74) is 1.04. The lowest BCUT2D eigenvalue weighted by atomic mass is 10.1. The van der Waals surface area contributed by atoms with Crippen molar-refractivity contribution in [2.75, 3.05) is 4.90 Å². The molecule has 1 aliphatic heterocycles. The number of carbonyl (C=O) groups excluding carboxylic acids is 1. The molecule has 1 aliphatic rings. The quantitative estimate of drug-likeness (QED) is 0.616. The van der Waals surface area contributed by atoms with E-state index in [1.807, 2.05) is 35.2 Å². The lowest BCUT2D eigenvalue weighted by Crippen LogP contribution is -2.33. The molecule has 0 N–H and O–H groups in total. The molecule has 0 aromatic heterocycles. The topological polar surface area (TPSA) is 20.3 Å². The Balaban J connectivity index is 2.33. The third kappa shape index (κ3) is 2.14. The molecule has 1 heterocycles. The van der Waals surface area contributed by atoms with Crippen LogP contribution in [0.5, 0.6) is 0 Å². The second kappa shape index (κ2) is 4.99. The monoisotopic (exact) mass is 327 g/mol. The van der Waals surface area contributed by atoms with Crippen molar-refractivity contribution in [1.29, 1.82) is 0 Å². The van der Waals surface area contributed by atoms with Crippen molar-refractivity contribution < 1.29 is 4.79 Å². The minimum Gasteiger partial charge on any atom is -0.308 e. The summed E-state index contributed by atoms with van der Waals surface area (Å²) in [6, 6.07) is 8.32. The summed E-state index contributed by atoms with van der Waals surface area (Å²) >= 11 is 2.28. The average Bonchev–Trinajstić information content (AvgIpc) is 2.62. The van der Waals surface area contributed by atoms with E-state index in [4.69, 9.17) is 0 Å². The van der Waals surface area contributed by atoms with Crippen molar-refractivity contribution in [2.24, 2.45) is 0 Å². The third-order valence-electron chi connectivity index (χ3n) is 2.88. The van der Waals surface area contributed by atoms with Crippen LogP contribution in [0.25, 0.3) is 0 Å². The highest BCUT2D eigenvalue weighted by atomic mass is 127. The van der Waals surface area contributed by atoms with Crippen LogP contribution in [0.15, 0.2) is 36.9 Å². The Morgan fingerprint density at radius 1 is 1.50 bits per heavy atom. The standard InChI is InChI=1S/C13H14INO/c1-2-5-10-8-9-13(16)15(10)12-7-4-3-6-11(12)14/h2-4,6-7,10H,1,5,8-9H2. The lowest BCUT2D eigenvalue weighted by molar-refractivity contribution is -0.117. The van der Waals surface area contributed by atoms with Crippen molar-refractivity contribution in [3.05, 3.63) is 40.5 Å². The van der Waals surface area contributed by atoms with Gasteiger partial charge in [-0.2, -0.15) is 0 Å². The Morgan fingerprint density at radius 2 is 2.25 bits per heavy atom. The minimum atomic E-state index is 0.232. The van der Waals surface area contributed by atoms with Crippen LogP contribution in [0.2, 0.25) is 0 Å². The first-order valence-corrected chi connectivity index (χ1v) is 6.49. The maximum absolute atomic E-state index is 11.9. The highest BCUT2D eigenvalue weighted by molar-refractivity contribution is 14.1. The van der Waals surface area contributed by atoms with Gasteiger partial charge in [0, 0.05) is 16.0 Å². The van der Waals surface area contributed by atoms with Crippen LogP contribution in [0.1, 0.15) is 19.3 Å². The molecule has 1 amide bonds. The van der Waals surface area contributed by atoms with Gasteiger partial charge in [0.1, 0.15) is 0 Å². The van der Waals surface area contributed by atoms with Crippen LogP contribution in [-0.4, -0.2) is 11.9 Å². The molecule has 1 atom stereocenters. The Hall–Kier alpha value is -0.840. The summed E-state index contributed by atoms with van der Waals surface area (Å²) < 4.78 is 1.13. The molecular formula is C13H14INO. The number of hydrogen-bond donors (Lipinski definition) is 0. The fourth-order valence-electron chi connectivity index (χ4n) is 2.14. The number of nitrogens with zero attached hydrogens (tertiary/aromatic N) is 1. The van der Waals surface area contributed by atoms with E-state index >= 15 is 0 Å². The van der Waals surface area contributed by atoms with E-state index in [1.165, 1.54) is 0 Å². The van der Waals surface area contributed by atoms with Crippen molar-refractivity contribution in [2.45, 2.75) is 25.3 Å². The van der Waals surface area contributed by atoms with Gasteiger partial charge < -0.3 is 4.90 Å². The van der Waals surface area contributed by atoms with Crippen molar-refractivity contribution in [3.63, 3.8) is 0 Å². The van der Waals surface area contributed by atoms with Gasteiger partial charge in [-0.05, 0) is 47.6 Å². The lowest BCUT2D eigenvalue weighted by Gasteiger charge is -2.25. The van der Waals surface area contributed by atoms with Gasteiger partial charge in [-0.25, -0.2) is 0 Å². The molecule has 1 unspecified atom stereocenters. The van der Waals surface area contributed by atoms with Gasteiger partial charge in [0.25, 0.3) is 0 Å². The second-order valence-electron chi connectivity index (χ2n) is 3.93. The summed E-state index contributed by atoms with van der Waals surface area (Å²) in [5, 5.41) is 0. The summed E-state index contributed by atoms with van der Waals surface area (Å²) in [4.78, 5) is 13.8. The SMILES string of the molecule is C=CCC1CCC(=O)N1c1ccccc1I. The summed E-state index contributed by atoms with van der Waals surface area (Å²) in [5.74, 6) is 0.232. The highest BCUT2D eigenvalue weighted by Crippen LogP contribution is 2.31. The predicted molar refractivity (Wildman–Crippen MR) is 74.5 cm³/mol. The maximum Gasteiger partial charge on any atom is 0.227 e. The van der Waals surface area contributed by atoms with Crippen LogP contribution in [0, 0.1) is 3.57 Å². The van der Waals surface area contributed by atoms with Crippen LogP contribution < -0.4 is 4.90 Å². The molecule has 0 radical (unpaired) electrons. The number of hydrogen-bond acceptors (Lipinski definition) is 1. The molecule has 2 nitrogen and oxygen atoms in total. The number of para-hydroxylation sites is 1. The molecule has 0 spiro atoms. The zero-order valence-corrected chi connectivity index (χ0v) is 11.2. The molecule has 0 saturated carbocycles. The van der Waals surface area contributed by atoms with E-state index in [-0.39, 0.29) is 5.91 Å². The molecule has 1 aromatic rings. The Morgan fingerprint density at radius 3 is 2.94 bits per heavy atom. The first-order valence-electron chi connectivity index (χ1n) is 5.41. The van der Waals surface area contributed by atoms with E-state index < -0.39 is 0 Å². The van der Waals surface area contributed by atoms with Gasteiger partial charge in [0.2, 0.25) is 5.91 Å². The van der Waals surface area contributed by atoms with E-state index in [1.54, 1.807) is 0 Å². The molecule has 84 valence electrons. The molecule has 1 fully saturated rings. The Kier molecular flexibility index (Phi) is 3.63. The van der Waals surface area contributed by atoms with E-state index in [9.17, 15) is 4.79 Å². The van der Waals surface area contributed by atoms with Crippen molar-refractivity contribution in [1.82, 2.24) is 0 Å². The molecule has 0 aliphatic carbocycles. The van der Waals surface area contributed by atoms with Crippen LogP contribution in [0.3, 0.4) is 0 Å². The average molecular weight is 327 g/mol. The largest absolute Gasteiger partial charge is 0.308 e. The smallest absolute Gasteiger partial charge is 0.227 e. The molecule has 2 rings (SSSR count). The number of anilines is 1. The fourth-order valence-corrected chi connectivity index (χ4v) is 2.78. The van der Waals surface area contributed by atoms with Crippen LogP contribution in [0.4, 0.5) is 5.69 Å². The molecular weight excluding hydrogens is 313 g/mol. The molecule has 16 heavy (non-hydrogen) atoms. The molecule has 3 heteroatoms. The van der Waals surface area contributed by atoms with Crippen molar-refractivity contribution in [3.8, 4) is 0 Å². The van der Waals surface area contributed by atoms with Crippen LogP contribution in [-0.2, 0) is 4.79 Å². The first kappa shape index (κ1) is 11.6. The zero-order valence-electron chi connectivity index (χ0n) is 9.03. The summed E-state index contributed by atoms with van der Waals surface area (Å²) in [6.45, 7) is 3.76. The number of halogens is 1. The number of amides is 1. The van der Waals surface area contributed by atoms with Crippen molar-refractivity contribution >= 4 is 34.2 Å². The van der Waals surface area contributed by atoms with Gasteiger partial charge in [-0.15, -0.1) is 6.58 Å². The predicted octanol–water partition coefficient (Wildman–Crippen LogP) is 3.36. The summed E-state index contributed by atoms with van der Waals surface area (Å²) in [7, 11) is 0. The van der Waals surface area contributed by atoms with E-state index in [2.05, 4.69) is 29.2 Å². The van der Waals surface area contributed by atoms with Gasteiger partial charge in [0.05, 0.1) is 5.69 Å². The van der Waals surface area contributed by atoms with Gasteiger partial charge in [0.15, 0.2) is 0 Å². The van der Waals surface area contributed by atoms with E-state index in [0.717, 1.165) is 22.1 Å². The zero-order chi connectivity index (χ0) is 11.5. The second-order valence-corrected chi connectivity index (χ2v) is 5.09. The maximum atomic E-state index is 11.9. The minimum absolute atomic E-state index is 0.232. The van der Waals surface area contributed by atoms with Crippen LogP contribution >= 0.6 is 22.6 Å². The highest BCUT2D eigenvalue weighted by Gasteiger charge is 2.31. The first-order chi connectivity index (χ1) is 7.74.